The van der Waals surface area contributed by atoms with Crippen LogP contribution in [0.5, 0.6) is 5.75 Å². The Hall–Kier alpha value is -1.88. The number of nitrogens with two attached hydrogens (primary N) is 1. The molecule has 2 aromatic rings. The minimum absolute atomic E-state index is 0.184. The summed E-state index contributed by atoms with van der Waals surface area (Å²) in [5, 5.41) is 4.25. The van der Waals surface area contributed by atoms with Crippen molar-refractivity contribution in [1.29, 1.82) is 0 Å². The lowest BCUT2D eigenvalue weighted by Crippen LogP contribution is -2.12. The highest BCUT2D eigenvalue weighted by Crippen LogP contribution is 2.31. The molecule has 112 valence electrons. The SMILES string of the molecule is CC(C)Cn1ncnc1COc1ccc2c(c1)CCC2N. The van der Waals surface area contributed by atoms with Gasteiger partial charge < -0.3 is 10.5 Å². The first-order chi connectivity index (χ1) is 10.1. The highest BCUT2D eigenvalue weighted by molar-refractivity contribution is 5.40. The zero-order valence-corrected chi connectivity index (χ0v) is 12.6. The summed E-state index contributed by atoms with van der Waals surface area (Å²) in [7, 11) is 0. The van der Waals surface area contributed by atoms with E-state index in [1.54, 1.807) is 6.33 Å². The zero-order chi connectivity index (χ0) is 14.8. The summed E-state index contributed by atoms with van der Waals surface area (Å²) < 4.78 is 7.78. The van der Waals surface area contributed by atoms with Crippen LogP contribution in [-0.2, 0) is 19.6 Å². The van der Waals surface area contributed by atoms with Crippen LogP contribution in [0.1, 0.15) is 43.3 Å². The number of aromatic nitrogens is 3. The number of hydrogen-bond donors (Lipinski definition) is 1. The molecular weight excluding hydrogens is 264 g/mol. The molecular formula is C16H22N4O. The molecule has 1 heterocycles. The second-order valence-electron chi connectivity index (χ2n) is 6.05. The maximum Gasteiger partial charge on any atom is 0.164 e. The molecule has 5 heteroatoms. The minimum Gasteiger partial charge on any atom is -0.486 e. The Kier molecular flexibility index (Phi) is 3.92. The van der Waals surface area contributed by atoms with Gasteiger partial charge >= 0.3 is 0 Å². The number of ether oxygens (including phenoxy) is 1. The van der Waals surface area contributed by atoms with Crippen LogP contribution in [0.25, 0.3) is 0 Å². The summed E-state index contributed by atoms with van der Waals surface area (Å²) >= 11 is 0. The lowest BCUT2D eigenvalue weighted by Gasteiger charge is -2.11. The highest BCUT2D eigenvalue weighted by Gasteiger charge is 2.19. The maximum absolute atomic E-state index is 6.05. The van der Waals surface area contributed by atoms with E-state index in [0.717, 1.165) is 31.0 Å². The monoisotopic (exact) mass is 286 g/mol. The van der Waals surface area contributed by atoms with Gasteiger partial charge in [0.25, 0.3) is 0 Å². The van der Waals surface area contributed by atoms with Gasteiger partial charge in [0.15, 0.2) is 5.82 Å². The highest BCUT2D eigenvalue weighted by atomic mass is 16.5. The Morgan fingerprint density at radius 2 is 2.29 bits per heavy atom. The number of hydrogen-bond acceptors (Lipinski definition) is 4. The third kappa shape index (κ3) is 3.08. The molecule has 5 nitrogen and oxygen atoms in total. The maximum atomic E-state index is 6.05. The van der Waals surface area contributed by atoms with Crippen LogP contribution in [0.3, 0.4) is 0 Å². The van der Waals surface area contributed by atoms with Crippen molar-refractivity contribution in [3.63, 3.8) is 0 Å². The summed E-state index contributed by atoms with van der Waals surface area (Å²) in [6.45, 7) is 5.63. The molecule has 1 unspecified atom stereocenters. The van der Waals surface area contributed by atoms with Crippen LogP contribution >= 0.6 is 0 Å². The van der Waals surface area contributed by atoms with E-state index in [1.807, 2.05) is 10.7 Å². The first kappa shape index (κ1) is 14.1. The van der Waals surface area contributed by atoms with Crippen LogP contribution in [0.15, 0.2) is 24.5 Å². The molecule has 0 amide bonds. The molecule has 0 bridgehead atoms. The van der Waals surface area contributed by atoms with E-state index in [1.165, 1.54) is 11.1 Å². The number of rotatable bonds is 5. The molecule has 0 spiro atoms. The fourth-order valence-corrected chi connectivity index (χ4v) is 2.76. The van der Waals surface area contributed by atoms with Gasteiger partial charge in [-0.2, -0.15) is 5.10 Å². The quantitative estimate of drug-likeness (QED) is 0.917. The third-order valence-corrected chi connectivity index (χ3v) is 3.84. The van der Waals surface area contributed by atoms with Crippen molar-refractivity contribution in [2.45, 2.75) is 45.9 Å². The van der Waals surface area contributed by atoms with Gasteiger partial charge in [0.05, 0.1) is 0 Å². The van der Waals surface area contributed by atoms with Gasteiger partial charge in [0, 0.05) is 12.6 Å². The van der Waals surface area contributed by atoms with Gasteiger partial charge in [0.2, 0.25) is 0 Å². The van der Waals surface area contributed by atoms with Gasteiger partial charge in [-0.15, -0.1) is 0 Å². The average Bonchev–Trinajstić information content (AvgIpc) is 3.03. The molecule has 0 radical (unpaired) electrons. The van der Waals surface area contributed by atoms with E-state index in [2.05, 4.69) is 36.1 Å². The van der Waals surface area contributed by atoms with Gasteiger partial charge in [-0.3, -0.25) is 0 Å². The molecule has 0 saturated heterocycles. The van der Waals surface area contributed by atoms with Crippen molar-refractivity contribution in [2.24, 2.45) is 11.7 Å². The van der Waals surface area contributed by atoms with Crippen molar-refractivity contribution in [3.05, 3.63) is 41.5 Å². The van der Waals surface area contributed by atoms with E-state index in [9.17, 15) is 0 Å². The molecule has 2 N–H and O–H groups in total. The Morgan fingerprint density at radius 3 is 3.10 bits per heavy atom. The smallest absolute Gasteiger partial charge is 0.164 e. The molecule has 1 aliphatic carbocycles. The van der Waals surface area contributed by atoms with Crippen LogP contribution in [0.4, 0.5) is 0 Å². The standard InChI is InChI=1S/C16H22N4O/c1-11(2)8-20-16(18-10-19-20)9-21-13-4-5-14-12(7-13)3-6-15(14)17/h4-5,7,10-11,15H,3,6,8-9,17H2,1-2H3. The van der Waals surface area contributed by atoms with E-state index >= 15 is 0 Å². The lowest BCUT2D eigenvalue weighted by molar-refractivity contribution is 0.282. The van der Waals surface area contributed by atoms with E-state index < -0.39 is 0 Å². The van der Waals surface area contributed by atoms with Crippen LogP contribution in [0.2, 0.25) is 0 Å². The molecule has 21 heavy (non-hydrogen) atoms. The predicted molar refractivity (Wildman–Crippen MR) is 80.9 cm³/mol. The molecule has 1 aromatic carbocycles. The Morgan fingerprint density at radius 1 is 1.43 bits per heavy atom. The number of fused-ring (bicyclic) bond motifs is 1. The summed E-state index contributed by atoms with van der Waals surface area (Å²) in [6, 6.07) is 6.36. The molecule has 0 fully saturated rings. The molecule has 0 saturated carbocycles. The van der Waals surface area contributed by atoms with E-state index in [-0.39, 0.29) is 6.04 Å². The number of benzene rings is 1. The van der Waals surface area contributed by atoms with Crippen molar-refractivity contribution >= 4 is 0 Å². The summed E-state index contributed by atoms with van der Waals surface area (Å²) in [5.74, 6) is 2.27. The molecule has 1 aliphatic rings. The van der Waals surface area contributed by atoms with Crippen molar-refractivity contribution in [3.8, 4) is 5.75 Å². The molecule has 3 rings (SSSR count). The normalized spacial score (nSPS) is 17.2. The van der Waals surface area contributed by atoms with Crippen molar-refractivity contribution < 1.29 is 4.74 Å². The zero-order valence-electron chi connectivity index (χ0n) is 12.6. The Labute approximate surface area is 125 Å². The Bertz CT molecular complexity index is 620. The summed E-state index contributed by atoms with van der Waals surface area (Å²) in [5.41, 5.74) is 8.62. The predicted octanol–water partition coefficient (Wildman–Crippen LogP) is 2.46. The van der Waals surface area contributed by atoms with Gasteiger partial charge in [0.1, 0.15) is 18.7 Å². The van der Waals surface area contributed by atoms with E-state index in [4.69, 9.17) is 10.5 Å². The topological polar surface area (TPSA) is 66.0 Å². The van der Waals surface area contributed by atoms with Gasteiger partial charge in [-0.1, -0.05) is 19.9 Å². The summed E-state index contributed by atoms with van der Waals surface area (Å²) in [4.78, 5) is 4.28. The fraction of sp³-hybridized carbons (Fsp3) is 0.500. The van der Waals surface area contributed by atoms with Crippen LogP contribution in [0, 0.1) is 5.92 Å². The van der Waals surface area contributed by atoms with Gasteiger partial charge in [-0.25, -0.2) is 9.67 Å². The second kappa shape index (κ2) is 5.85. The fourth-order valence-electron chi connectivity index (χ4n) is 2.76. The molecule has 1 atom stereocenters. The number of aryl methyl sites for hydroxylation is 1. The first-order valence-corrected chi connectivity index (χ1v) is 7.51. The first-order valence-electron chi connectivity index (χ1n) is 7.51. The van der Waals surface area contributed by atoms with Crippen molar-refractivity contribution in [2.75, 3.05) is 0 Å². The lowest BCUT2D eigenvalue weighted by atomic mass is 10.1. The van der Waals surface area contributed by atoms with E-state index in [0.29, 0.717) is 12.5 Å². The molecule has 1 aromatic heterocycles. The largest absolute Gasteiger partial charge is 0.486 e. The summed E-state index contributed by atoms with van der Waals surface area (Å²) in [6.07, 6.45) is 3.65. The third-order valence-electron chi connectivity index (χ3n) is 3.84. The van der Waals surface area contributed by atoms with Gasteiger partial charge in [-0.05, 0) is 42.0 Å². The van der Waals surface area contributed by atoms with Crippen LogP contribution in [-0.4, -0.2) is 14.8 Å². The average molecular weight is 286 g/mol. The van der Waals surface area contributed by atoms with Crippen LogP contribution < -0.4 is 10.5 Å². The molecule has 0 aliphatic heterocycles. The second-order valence-corrected chi connectivity index (χ2v) is 6.05. The number of nitrogens with zero attached hydrogens (tertiary/aromatic N) is 3. The minimum atomic E-state index is 0.184. The van der Waals surface area contributed by atoms with Crippen molar-refractivity contribution in [1.82, 2.24) is 14.8 Å². The Balaban J connectivity index is 1.67.